The second-order valence-electron chi connectivity index (χ2n) is 6.89. The van der Waals surface area contributed by atoms with Crippen molar-refractivity contribution in [1.82, 2.24) is 4.90 Å². The molecular formula is C16H34N2. The van der Waals surface area contributed by atoms with E-state index in [0.717, 1.165) is 25.0 Å². The standard InChI is InChI=1S/C16H34N2/c1-5-7-14-8-10-15(11-9-14)18(6-2)13-16(3,4)12-17/h14-15H,5-13,17H2,1-4H3. The molecule has 0 aromatic carbocycles. The molecule has 1 aliphatic rings. The molecule has 0 heterocycles. The van der Waals surface area contributed by atoms with Gasteiger partial charge >= 0.3 is 0 Å². The van der Waals surface area contributed by atoms with Gasteiger partial charge in [-0.2, -0.15) is 0 Å². The highest BCUT2D eigenvalue weighted by Crippen LogP contribution is 2.31. The first-order valence-electron chi connectivity index (χ1n) is 7.96. The van der Waals surface area contributed by atoms with Crippen LogP contribution < -0.4 is 5.73 Å². The lowest BCUT2D eigenvalue weighted by Gasteiger charge is -2.40. The first-order chi connectivity index (χ1) is 8.52. The third-order valence-corrected chi connectivity index (χ3v) is 4.62. The summed E-state index contributed by atoms with van der Waals surface area (Å²) in [5.41, 5.74) is 6.13. The second-order valence-corrected chi connectivity index (χ2v) is 6.89. The summed E-state index contributed by atoms with van der Waals surface area (Å²) in [7, 11) is 0. The quantitative estimate of drug-likeness (QED) is 0.751. The van der Waals surface area contributed by atoms with E-state index in [4.69, 9.17) is 5.73 Å². The van der Waals surface area contributed by atoms with Gasteiger partial charge < -0.3 is 10.6 Å². The van der Waals surface area contributed by atoms with Gasteiger partial charge in [-0.05, 0) is 50.1 Å². The zero-order valence-corrected chi connectivity index (χ0v) is 13.0. The normalized spacial score (nSPS) is 25.7. The van der Waals surface area contributed by atoms with E-state index in [1.165, 1.54) is 45.1 Å². The van der Waals surface area contributed by atoms with Crippen LogP contribution in [0.25, 0.3) is 0 Å². The molecule has 0 spiro atoms. The Labute approximate surface area is 114 Å². The Morgan fingerprint density at radius 1 is 1.11 bits per heavy atom. The molecule has 0 atom stereocenters. The van der Waals surface area contributed by atoms with Crippen LogP contribution in [0.5, 0.6) is 0 Å². The Hall–Kier alpha value is -0.0800. The van der Waals surface area contributed by atoms with Crippen molar-refractivity contribution in [2.24, 2.45) is 17.1 Å². The van der Waals surface area contributed by atoms with Crippen molar-refractivity contribution in [3.05, 3.63) is 0 Å². The van der Waals surface area contributed by atoms with Gasteiger partial charge in [-0.25, -0.2) is 0 Å². The number of hydrogen-bond donors (Lipinski definition) is 1. The maximum Gasteiger partial charge on any atom is 0.00955 e. The zero-order valence-electron chi connectivity index (χ0n) is 13.0. The number of nitrogens with two attached hydrogens (primary N) is 1. The van der Waals surface area contributed by atoms with Crippen molar-refractivity contribution < 1.29 is 0 Å². The topological polar surface area (TPSA) is 29.3 Å². The van der Waals surface area contributed by atoms with Gasteiger partial charge in [0.05, 0.1) is 0 Å². The van der Waals surface area contributed by atoms with E-state index in [2.05, 4.69) is 32.6 Å². The number of nitrogens with zero attached hydrogens (tertiary/aromatic N) is 1. The summed E-state index contributed by atoms with van der Waals surface area (Å²) < 4.78 is 0. The van der Waals surface area contributed by atoms with Crippen LogP contribution >= 0.6 is 0 Å². The minimum absolute atomic E-state index is 0.260. The summed E-state index contributed by atoms with van der Waals surface area (Å²) in [6.45, 7) is 12.3. The molecule has 2 N–H and O–H groups in total. The van der Waals surface area contributed by atoms with Crippen LogP contribution in [0.4, 0.5) is 0 Å². The summed E-state index contributed by atoms with van der Waals surface area (Å²) in [6.07, 6.45) is 8.48. The number of hydrogen-bond acceptors (Lipinski definition) is 2. The molecule has 1 rings (SSSR count). The van der Waals surface area contributed by atoms with Gasteiger partial charge in [0, 0.05) is 12.6 Å². The minimum atomic E-state index is 0.260. The van der Waals surface area contributed by atoms with E-state index in [-0.39, 0.29) is 5.41 Å². The highest BCUT2D eigenvalue weighted by molar-refractivity contribution is 4.83. The third kappa shape index (κ3) is 4.89. The fourth-order valence-electron chi connectivity index (χ4n) is 3.32. The van der Waals surface area contributed by atoms with Gasteiger partial charge in [0.2, 0.25) is 0 Å². The predicted octanol–water partition coefficient (Wildman–Crippen LogP) is 3.65. The largest absolute Gasteiger partial charge is 0.330 e. The van der Waals surface area contributed by atoms with E-state index in [9.17, 15) is 0 Å². The van der Waals surface area contributed by atoms with Crippen molar-refractivity contribution in [2.75, 3.05) is 19.6 Å². The molecule has 0 bridgehead atoms. The SMILES string of the molecule is CCCC1CCC(N(CC)CC(C)(C)CN)CC1. The average Bonchev–Trinajstić information content (AvgIpc) is 2.37. The van der Waals surface area contributed by atoms with E-state index in [1.807, 2.05) is 0 Å². The molecule has 0 aromatic heterocycles. The van der Waals surface area contributed by atoms with Crippen molar-refractivity contribution in [3.63, 3.8) is 0 Å². The van der Waals surface area contributed by atoms with Crippen LogP contribution in [0.15, 0.2) is 0 Å². The van der Waals surface area contributed by atoms with Gasteiger partial charge in [0.1, 0.15) is 0 Å². The molecule has 2 heteroatoms. The fraction of sp³-hybridized carbons (Fsp3) is 1.00. The average molecular weight is 254 g/mol. The molecule has 0 saturated heterocycles. The van der Waals surface area contributed by atoms with E-state index in [0.29, 0.717) is 0 Å². The molecule has 0 radical (unpaired) electrons. The van der Waals surface area contributed by atoms with Crippen molar-refractivity contribution in [1.29, 1.82) is 0 Å². The summed E-state index contributed by atoms with van der Waals surface area (Å²) in [6, 6.07) is 0.814. The lowest BCUT2D eigenvalue weighted by Crippen LogP contribution is -2.45. The highest BCUT2D eigenvalue weighted by Gasteiger charge is 2.28. The van der Waals surface area contributed by atoms with Crippen LogP contribution in [0.3, 0.4) is 0 Å². The van der Waals surface area contributed by atoms with Gasteiger partial charge in [-0.3, -0.25) is 0 Å². The van der Waals surface area contributed by atoms with Gasteiger partial charge in [-0.1, -0.05) is 40.5 Å². The Morgan fingerprint density at radius 2 is 1.72 bits per heavy atom. The summed E-state index contributed by atoms with van der Waals surface area (Å²) in [4.78, 5) is 2.68. The van der Waals surface area contributed by atoms with Gasteiger partial charge in [0.15, 0.2) is 0 Å². The maximum absolute atomic E-state index is 5.87. The maximum atomic E-state index is 5.87. The molecule has 2 nitrogen and oxygen atoms in total. The monoisotopic (exact) mass is 254 g/mol. The lowest BCUT2D eigenvalue weighted by atomic mass is 9.82. The first-order valence-corrected chi connectivity index (χ1v) is 7.96. The molecule has 1 fully saturated rings. The molecule has 0 aromatic rings. The predicted molar refractivity (Wildman–Crippen MR) is 80.7 cm³/mol. The molecule has 0 unspecified atom stereocenters. The van der Waals surface area contributed by atoms with E-state index < -0.39 is 0 Å². The third-order valence-electron chi connectivity index (χ3n) is 4.62. The molecule has 0 amide bonds. The fourth-order valence-corrected chi connectivity index (χ4v) is 3.32. The Bertz CT molecular complexity index is 217. The van der Waals surface area contributed by atoms with Gasteiger partial charge in [-0.15, -0.1) is 0 Å². The van der Waals surface area contributed by atoms with Crippen LogP contribution in [0.1, 0.15) is 66.2 Å². The Morgan fingerprint density at radius 3 is 2.17 bits per heavy atom. The molecule has 18 heavy (non-hydrogen) atoms. The van der Waals surface area contributed by atoms with E-state index in [1.54, 1.807) is 0 Å². The van der Waals surface area contributed by atoms with Gasteiger partial charge in [0.25, 0.3) is 0 Å². The highest BCUT2D eigenvalue weighted by atomic mass is 15.2. The summed E-state index contributed by atoms with van der Waals surface area (Å²) in [5, 5.41) is 0. The van der Waals surface area contributed by atoms with Crippen LogP contribution in [-0.2, 0) is 0 Å². The van der Waals surface area contributed by atoms with Crippen molar-refractivity contribution >= 4 is 0 Å². The Balaban J connectivity index is 2.43. The molecular weight excluding hydrogens is 220 g/mol. The molecule has 108 valence electrons. The minimum Gasteiger partial charge on any atom is -0.330 e. The lowest BCUT2D eigenvalue weighted by molar-refractivity contribution is 0.0984. The first kappa shape index (κ1) is 16.0. The molecule has 1 saturated carbocycles. The smallest absolute Gasteiger partial charge is 0.00955 e. The molecule has 1 aliphatic carbocycles. The van der Waals surface area contributed by atoms with E-state index >= 15 is 0 Å². The summed E-state index contributed by atoms with van der Waals surface area (Å²) >= 11 is 0. The van der Waals surface area contributed by atoms with Crippen LogP contribution in [0.2, 0.25) is 0 Å². The zero-order chi connectivity index (χ0) is 13.6. The van der Waals surface area contributed by atoms with Crippen LogP contribution in [0, 0.1) is 11.3 Å². The van der Waals surface area contributed by atoms with Crippen LogP contribution in [-0.4, -0.2) is 30.6 Å². The molecule has 0 aliphatic heterocycles. The van der Waals surface area contributed by atoms with Crippen molar-refractivity contribution in [2.45, 2.75) is 72.3 Å². The summed E-state index contributed by atoms with van der Waals surface area (Å²) in [5.74, 6) is 1.01. The second kappa shape index (κ2) is 7.49. The number of rotatable bonds is 7. The van der Waals surface area contributed by atoms with Crippen molar-refractivity contribution in [3.8, 4) is 0 Å². The Kier molecular flexibility index (Phi) is 6.65.